The van der Waals surface area contributed by atoms with Crippen LogP contribution < -0.4 is 14.7 Å². The Labute approximate surface area is 281 Å². The van der Waals surface area contributed by atoms with Crippen LogP contribution in [0.15, 0.2) is 54.7 Å². The maximum Gasteiger partial charge on any atom is 0.416 e. The molecule has 0 bridgehead atoms. The van der Waals surface area contributed by atoms with E-state index in [2.05, 4.69) is 4.98 Å². The maximum absolute atomic E-state index is 14.1. The summed E-state index contributed by atoms with van der Waals surface area (Å²) in [7, 11) is 3.40. The lowest BCUT2D eigenvalue weighted by Crippen LogP contribution is -2.48. The Morgan fingerprint density at radius 3 is 2.02 bits per heavy atom. The molecule has 8 nitrogen and oxygen atoms in total. The van der Waals surface area contributed by atoms with E-state index in [0.717, 1.165) is 23.1 Å². The lowest BCUT2D eigenvalue weighted by Gasteiger charge is -2.44. The molecule has 0 spiro atoms. The molecule has 2 aromatic carbocycles. The van der Waals surface area contributed by atoms with E-state index in [-0.39, 0.29) is 55.4 Å². The first-order valence-corrected chi connectivity index (χ1v) is 15.3. The van der Waals surface area contributed by atoms with Gasteiger partial charge in [0.2, 0.25) is 0 Å². The fourth-order valence-electron chi connectivity index (χ4n) is 5.72. The summed E-state index contributed by atoms with van der Waals surface area (Å²) >= 11 is 0. The minimum Gasteiger partial charge on any atom is -0.481 e. The quantitative estimate of drug-likeness (QED) is 0.165. The zero-order valence-corrected chi connectivity index (χ0v) is 27.0. The first-order chi connectivity index (χ1) is 23.2. The van der Waals surface area contributed by atoms with Gasteiger partial charge in [0, 0.05) is 33.1 Å². The number of nitrogens with zero attached hydrogens (tertiary/aromatic N) is 4. The highest BCUT2D eigenvalue weighted by Gasteiger charge is 2.42. The summed E-state index contributed by atoms with van der Waals surface area (Å²) in [6.07, 6.45) is -15.0. The Bertz CT molecular complexity index is 1640. The lowest BCUT2D eigenvalue weighted by atomic mass is 9.87. The van der Waals surface area contributed by atoms with Crippen molar-refractivity contribution in [1.82, 2.24) is 4.98 Å². The zero-order valence-electron chi connectivity index (χ0n) is 27.0. The summed E-state index contributed by atoms with van der Waals surface area (Å²) < 4.78 is 130. The molecule has 2 atom stereocenters. The summed E-state index contributed by atoms with van der Waals surface area (Å²) in [5, 5.41) is 8.90. The van der Waals surface area contributed by atoms with Gasteiger partial charge in [0.25, 0.3) is 0 Å². The Balaban J connectivity index is 1.91. The van der Waals surface area contributed by atoms with Crippen LogP contribution in [0.5, 0.6) is 0 Å². The van der Waals surface area contributed by atoms with Gasteiger partial charge in [0.1, 0.15) is 5.82 Å². The number of hydrogen-bond acceptors (Lipinski definition) is 6. The van der Waals surface area contributed by atoms with Gasteiger partial charge in [-0.05, 0) is 78.9 Å². The molecule has 1 aliphatic heterocycles. The number of aromatic nitrogens is 1. The molecule has 2 heterocycles. The number of halogens is 9. The Kier molecular flexibility index (Phi) is 11.2. The van der Waals surface area contributed by atoms with Crippen LogP contribution in [-0.2, 0) is 34.6 Å². The van der Waals surface area contributed by atoms with E-state index in [9.17, 15) is 49.1 Å². The maximum atomic E-state index is 14.1. The average Bonchev–Trinajstić information content (AvgIpc) is 3.03. The number of anilines is 3. The minimum atomic E-state index is -5.15. The number of aliphatic carboxylic acids is 1. The predicted molar refractivity (Wildman–Crippen MR) is 165 cm³/mol. The van der Waals surface area contributed by atoms with E-state index in [4.69, 9.17) is 9.84 Å². The highest BCUT2D eigenvalue weighted by atomic mass is 19.4. The molecular formula is C33H33F9N4O4. The second-order valence-electron chi connectivity index (χ2n) is 11.9. The standard InChI is InChI=1S/C33H33F9N4O4/c1-4-23-16-27(25-15-20(31(34,35)36)7-9-26(25)46(23)30(49)50-11-5-6-29(47)48)45(28-10-8-24(17-43-28)44(2)3)18-19-12-21(32(37,38)39)14-22(13-19)33(40,41)42/h7-10,12-15,17,23,27H,4-6,11,16,18H2,1-3H3,(H,47,48)/t23-,27+/m1/s1. The van der Waals surface area contributed by atoms with E-state index in [0.29, 0.717) is 17.8 Å². The number of hydrogen-bond donors (Lipinski definition) is 1. The summed E-state index contributed by atoms with van der Waals surface area (Å²) in [5.41, 5.74) is -4.23. The van der Waals surface area contributed by atoms with Gasteiger partial charge in [0.05, 0.1) is 46.9 Å². The Morgan fingerprint density at radius 2 is 1.52 bits per heavy atom. The first kappa shape index (κ1) is 38.1. The van der Waals surface area contributed by atoms with Crippen LogP contribution in [0.25, 0.3) is 0 Å². The number of fused-ring (bicyclic) bond motifs is 1. The second-order valence-corrected chi connectivity index (χ2v) is 11.9. The number of amides is 1. The number of ether oxygens (including phenoxy) is 1. The third-order valence-corrected chi connectivity index (χ3v) is 8.18. The van der Waals surface area contributed by atoms with Gasteiger partial charge in [-0.3, -0.25) is 9.69 Å². The van der Waals surface area contributed by atoms with Crippen molar-refractivity contribution in [3.8, 4) is 0 Å². The van der Waals surface area contributed by atoms with E-state index >= 15 is 0 Å². The number of carbonyl (C=O) groups excluding carboxylic acids is 1. The van der Waals surface area contributed by atoms with Crippen LogP contribution in [0.3, 0.4) is 0 Å². The van der Waals surface area contributed by atoms with Crippen LogP contribution >= 0.6 is 0 Å². The van der Waals surface area contributed by atoms with Crippen LogP contribution in [0.4, 0.5) is 61.5 Å². The zero-order chi connectivity index (χ0) is 37.2. The molecule has 50 heavy (non-hydrogen) atoms. The Hall–Kier alpha value is -4.70. The molecule has 1 N–H and O–H groups in total. The molecule has 1 aromatic heterocycles. The van der Waals surface area contributed by atoms with Crippen molar-refractivity contribution in [3.63, 3.8) is 0 Å². The highest BCUT2D eigenvalue weighted by molar-refractivity contribution is 5.90. The largest absolute Gasteiger partial charge is 0.481 e. The SMILES string of the molecule is CC[C@@H]1C[C@H](N(Cc2cc(C(F)(F)F)cc(C(F)(F)F)c2)c2ccc(N(C)C)cn2)c2cc(C(F)(F)F)ccc2N1C(=O)OCCCC(=O)O. The third-order valence-electron chi connectivity index (χ3n) is 8.18. The first-order valence-electron chi connectivity index (χ1n) is 15.3. The normalized spacial score (nSPS) is 16.5. The summed E-state index contributed by atoms with van der Waals surface area (Å²) in [4.78, 5) is 32.8. The molecule has 4 rings (SSSR count). The van der Waals surface area contributed by atoms with Gasteiger partial charge in [-0.25, -0.2) is 9.78 Å². The molecule has 1 aliphatic rings. The van der Waals surface area contributed by atoms with Gasteiger partial charge in [0.15, 0.2) is 0 Å². The molecule has 0 saturated carbocycles. The molecule has 0 fully saturated rings. The van der Waals surface area contributed by atoms with Gasteiger partial charge in [-0.1, -0.05) is 6.92 Å². The van der Waals surface area contributed by atoms with Gasteiger partial charge >= 0.3 is 30.6 Å². The molecule has 0 aliphatic carbocycles. The van der Waals surface area contributed by atoms with Crippen molar-refractivity contribution < 1.29 is 58.9 Å². The van der Waals surface area contributed by atoms with Crippen molar-refractivity contribution in [2.45, 2.75) is 69.8 Å². The van der Waals surface area contributed by atoms with E-state index in [1.54, 1.807) is 32.0 Å². The average molecular weight is 721 g/mol. The minimum absolute atomic E-state index is 0.0173. The number of carbonyl (C=O) groups is 2. The van der Waals surface area contributed by atoms with Gasteiger partial charge < -0.3 is 19.6 Å². The van der Waals surface area contributed by atoms with E-state index < -0.39 is 71.5 Å². The van der Waals surface area contributed by atoms with Crippen molar-refractivity contribution in [2.24, 2.45) is 0 Å². The van der Waals surface area contributed by atoms with Crippen molar-refractivity contribution in [1.29, 1.82) is 0 Å². The van der Waals surface area contributed by atoms with Gasteiger partial charge in [-0.15, -0.1) is 0 Å². The highest BCUT2D eigenvalue weighted by Crippen LogP contribution is 2.46. The number of benzene rings is 2. The van der Waals surface area contributed by atoms with Crippen molar-refractivity contribution >= 4 is 29.3 Å². The van der Waals surface area contributed by atoms with E-state index in [1.165, 1.54) is 17.2 Å². The van der Waals surface area contributed by atoms with Crippen LogP contribution in [0.2, 0.25) is 0 Å². The van der Waals surface area contributed by atoms with Crippen LogP contribution in [-0.4, -0.2) is 48.9 Å². The molecule has 272 valence electrons. The second kappa shape index (κ2) is 14.6. The smallest absolute Gasteiger partial charge is 0.416 e. The molecule has 0 unspecified atom stereocenters. The molecule has 0 radical (unpaired) electrons. The number of pyridine rings is 1. The van der Waals surface area contributed by atoms with Crippen LogP contribution in [0.1, 0.15) is 66.5 Å². The molecular weight excluding hydrogens is 687 g/mol. The van der Waals surface area contributed by atoms with E-state index in [1.807, 2.05) is 0 Å². The predicted octanol–water partition coefficient (Wildman–Crippen LogP) is 8.94. The number of rotatable bonds is 10. The summed E-state index contributed by atoms with van der Waals surface area (Å²) in [6, 6.07) is 4.77. The summed E-state index contributed by atoms with van der Waals surface area (Å²) in [5.74, 6) is -1.09. The molecule has 17 heteroatoms. The Morgan fingerprint density at radius 1 is 0.900 bits per heavy atom. The van der Waals surface area contributed by atoms with Crippen molar-refractivity contribution in [2.75, 3.05) is 35.4 Å². The molecule has 0 saturated heterocycles. The molecule has 3 aromatic rings. The van der Waals surface area contributed by atoms with Gasteiger partial charge in [-0.2, -0.15) is 39.5 Å². The number of alkyl halides is 9. The lowest BCUT2D eigenvalue weighted by molar-refractivity contribution is -0.143. The number of carboxylic acids is 1. The van der Waals surface area contributed by atoms with Crippen LogP contribution in [0, 0.1) is 0 Å². The fourth-order valence-corrected chi connectivity index (χ4v) is 5.72. The third kappa shape index (κ3) is 8.90. The fraction of sp³-hybridized carbons (Fsp3) is 0.424. The molecule has 1 amide bonds. The summed E-state index contributed by atoms with van der Waals surface area (Å²) in [6.45, 7) is 0.735. The monoisotopic (exact) mass is 720 g/mol. The number of carboxylic acid groups (broad SMARTS) is 1. The van der Waals surface area contributed by atoms with Crippen molar-refractivity contribution in [3.05, 3.63) is 82.5 Å². The topological polar surface area (TPSA) is 86.2 Å².